The summed E-state index contributed by atoms with van der Waals surface area (Å²) in [4.78, 5) is 14.1. The van der Waals surface area contributed by atoms with E-state index in [1.165, 1.54) is 12.0 Å². The fourth-order valence-electron chi connectivity index (χ4n) is 3.87. The first-order valence-corrected chi connectivity index (χ1v) is 7.20. The van der Waals surface area contributed by atoms with Gasteiger partial charge in [-0.05, 0) is 24.3 Å². The summed E-state index contributed by atoms with van der Waals surface area (Å²) in [5.41, 5.74) is 0.814. The van der Waals surface area contributed by atoms with E-state index in [1.54, 1.807) is 0 Å². The fraction of sp³-hybridized carbons (Fsp3) is 0.562. The zero-order valence-electron chi connectivity index (χ0n) is 11.2. The summed E-state index contributed by atoms with van der Waals surface area (Å²) in [6.45, 7) is 2.55. The van der Waals surface area contributed by atoms with Crippen LogP contribution in [-0.4, -0.2) is 29.1 Å². The van der Waals surface area contributed by atoms with Crippen LogP contribution in [0.4, 0.5) is 0 Å². The molecule has 3 heteroatoms. The first kappa shape index (κ1) is 12.7. The Morgan fingerprint density at radius 1 is 1.32 bits per heavy atom. The summed E-state index contributed by atoms with van der Waals surface area (Å²) in [7, 11) is 0. The Labute approximate surface area is 114 Å². The van der Waals surface area contributed by atoms with Gasteiger partial charge in [0.1, 0.15) is 0 Å². The van der Waals surface area contributed by atoms with Crippen molar-refractivity contribution in [2.75, 3.05) is 13.1 Å². The molecule has 0 amide bonds. The zero-order valence-corrected chi connectivity index (χ0v) is 11.2. The minimum Gasteiger partial charge on any atom is -0.481 e. The number of aliphatic carboxylic acids is 1. The van der Waals surface area contributed by atoms with E-state index in [0.29, 0.717) is 5.92 Å². The molecule has 1 saturated heterocycles. The van der Waals surface area contributed by atoms with Gasteiger partial charge in [-0.1, -0.05) is 43.2 Å². The van der Waals surface area contributed by atoms with Gasteiger partial charge in [-0.15, -0.1) is 0 Å². The number of carboxylic acids is 1. The Morgan fingerprint density at radius 3 is 2.79 bits per heavy atom. The van der Waals surface area contributed by atoms with Gasteiger partial charge in [-0.2, -0.15) is 0 Å². The molecule has 2 unspecified atom stereocenters. The fourth-order valence-corrected chi connectivity index (χ4v) is 3.87. The Hall–Kier alpha value is -1.35. The molecule has 2 fully saturated rings. The standard InChI is InChI=1S/C16H21NO2/c18-15(19)16-9-5-4-8-14(16)11-17(12-16)10-13-6-2-1-3-7-13/h1-3,6-7,14H,4-5,8-12H2,(H,18,19). The van der Waals surface area contributed by atoms with E-state index >= 15 is 0 Å². The third-order valence-electron chi connectivity index (χ3n) is 4.87. The number of carbonyl (C=O) groups is 1. The molecule has 2 aliphatic rings. The quantitative estimate of drug-likeness (QED) is 0.907. The van der Waals surface area contributed by atoms with Crippen molar-refractivity contribution in [2.24, 2.45) is 11.3 Å². The summed E-state index contributed by atoms with van der Waals surface area (Å²) < 4.78 is 0. The van der Waals surface area contributed by atoms with Gasteiger partial charge in [-0.25, -0.2) is 0 Å². The van der Waals surface area contributed by atoms with Gasteiger partial charge in [0.25, 0.3) is 0 Å². The highest BCUT2D eigenvalue weighted by Crippen LogP contribution is 2.47. The van der Waals surface area contributed by atoms with Gasteiger partial charge >= 0.3 is 5.97 Å². The van der Waals surface area contributed by atoms with Crippen molar-refractivity contribution in [1.29, 1.82) is 0 Å². The average Bonchev–Trinajstić information content (AvgIpc) is 2.79. The molecule has 0 bridgehead atoms. The van der Waals surface area contributed by atoms with Crippen LogP contribution in [0.5, 0.6) is 0 Å². The van der Waals surface area contributed by atoms with Crippen LogP contribution < -0.4 is 0 Å². The molecular weight excluding hydrogens is 238 g/mol. The molecular formula is C16H21NO2. The van der Waals surface area contributed by atoms with Crippen LogP contribution in [0, 0.1) is 11.3 Å². The number of carboxylic acid groups (broad SMARTS) is 1. The van der Waals surface area contributed by atoms with Crippen LogP contribution >= 0.6 is 0 Å². The molecule has 1 aliphatic heterocycles. The van der Waals surface area contributed by atoms with Gasteiger partial charge < -0.3 is 5.11 Å². The Bertz CT molecular complexity index is 459. The van der Waals surface area contributed by atoms with E-state index in [0.717, 1.165) is 38.9 Å². The van der Waals surface area contributed by atoms with Gasteiger partial charge in [0, 0.05) is 19.6 Å². The van der Waals surface area contributed by atoms with E-state index in [-0.39, 0.29) is 0 Å². The summed E-state index contributed by atoms with van der Waals surface area (Å²) >= 11 is 0. The second-order valence-corrected chi connectivity index (χ2v) is 6.06. The normalized spacial score (nSPS) is 31.1. The van der Waals surface area contributed by atoms with Crippen molar-refractivity contribution in [1.82, 2.24) is 4.90 Å². The summed E-state index contributed by atoms with van der Waals surface area (Å²) in [5.74, 6) is -0.227. The molecule has 19 heavy (non-hydrogen) atoms. The number of hydrogen-bond donors (Lipinski definition) is 1. The van der Waals surface area contributed by atoms with Gasteiger partial charge in [0.2, 0.25) is 0 Å². The van der Waals surface area contributed by atoms with E-state index < -0.39 is 11.4 Å². The van der Waals surface area contributed by atoms with E-state index in [2.05, 4.69) is 17.0 Å². The van der Waals surface area contributed by atoms with Crippen LogP contribution in [0.3, 0.4) is 0 Å². The van der Waals surface area contributed by atoms with Crippen molar-refractivity contribution in [3.8, 4) is 0 Å². The number of nitrogens with zero attached hydrogens (tertiary/aromatic N) is 1. The zero-order chi connectivity index (χ0) is 13.3. The SMILES string of the molecule is O=C(O)C12CCCCC1CN(Cc1ccccc1)C2. The molecule has 3 nitrogen and oxygen atoms in total. The van der Waals surface area contributed by atoms with E-state index in [9.17, 15) is 9.90 Å². The summed E-state index contributed by atoms with van der Waals surface area (Å²) in [5, 5.41) is 9.66. The molecule has 0 spiro atoms. The first-order chi connectivity index (χ1) is 9.21. The predicted octanol–water partition coefficient (Wildman–Crippen LogP) is 2.76. The number of hydrogen-bond acceptors (Lipinski definition) is 2. The van der Waals surface area contributed by atoms with E-state index in [1.807, 2.05) is 18.2 Å². The number of likely N-dealkylation sites (tertiary alicyclic amines) is 1. The highest BCUT2D eigenvalue weighted by Gasteiger charge is 2.52. The van der Waals surface area contributed by atoms with Crippen LogP contribution in [0.2, 0.25) is 0 Å². The minimum absolute atomic E-state index is 0.350. The molecule has 2 atom stereocenters. The summed E-state index contributed by atoms with van der Waals surface area (Å²) in [6, 6.07) is 10.4. The molecule has 0 aromatic heterocycles. The van der Waals surface area contributed by atoms with Crippen molar-refractivity contribution in [3.63, 3.8) is 0 Å². The second-order valence-electron chi connectivity index (χ2n) is 6.06. The molecule has 1 N–H and O–H groups in total. The van der Waals surface area contributed by atoms with Crippen LogP contribution in [-0.2, 0) is 11.3 Å². The maximum atomic E-state index is 11.7. The predicted molar refractivity (Wildman–Crippen MR) is 73.7 cm³/mol. The second kappa shape index (κ2) is 4.97. The molecule has 1 saturated carbocycles. The third kappa shape index (κ3) is 2.27. The monoisotopic (exact) mass is 259 g/mol. The van der Waals surface area contributed by atoms with Crippen LogP contribution in [0.15, 0.2) is 30.3 Å². The Balaban J connectivity index is 1.75. The lowest BCUT2D eigenvalue weighted by atomic mass is 9.68. The molecule has 3 rings (SSSR count). The molecule has 102 valence electrons. The maximum Gasteiger partial charge on any atom is 0.311 e. The smallest absolute Gasteiger partial charge is 0.311 e. The van der Waals surface area contributed by atoms with Gasteiger partial charge in [0.05, 0.1) is 5.41 Å². The van der Waals surface area contributed by atoms with Gasteiger partial charge in [-0.3, -0.25) is 9.69 Å². The number of benzene rings is 1. The van der Waals surface area contributed by atoms with Crippen LogP contribution in [0.25, 0.3) is 0 Å². The molecule has 1 aromatic rings. The summed E-state index contributed by atoms with van der Waals surface area (Å²) in [6.07, 6.45) is 4.21. The Kier molecular flexibility index (Phi) is 3.31. The number of fused-ring (bicyclic) bond motifs is 1. The lowest BCUT2D eigenvalue weighted by Gasteiger charge is -2.34. The van der Waals surface area contributed by atoms with Crippen molar-refractivity contribution in [3.05, 3.63) is 35.9 Å². The lowest BCUT2D eigenvalue weighted by molar-refractivity contribution is -0.152. The molecule has 1 aliphatic carbocycles. The van der Waals surface area contributed by atoms with E-state index in [4.69, 9.17) is 0 Å². The first-order valence-electron chi connectivity index (χ1n) is 7.20. The highest BCUT2D eigenvalue weighted by atomic mass is 16.4. The topological polar surface area (TPSA) is 40.5 Å². The van der Waals surface area contributed by atoms with Crippen molar-refractivity contribution >= 4 is 5.97 Å². The van der Waals surface area contributed by atoms with Crippen molar-refractivity contribution in [2.45, 2.75) is 32.2 Å². The van der Waals surface area contributed by atoms with Gasteiger partial charge in [0.15, 0.2) is 0 Å². The average molecular weight is 259 g/mol. The maximum absolute atomic E-state index is 11.7. The highest BCUT2D eigenvalue weighted by molar-refractivity contribution is 5.76. The number of rotatable bonds is 3. The Morgan fingerprint density at radius 2 is 2.11 bits per heavy atom. The van der Waals surface area contributed by atoms with Crippen LogP contribution in [0.1, 0.15) is 31.2 Å². The third-order valence-corrected chi connectivity index (χ3v) is 4.87. The molecule has 1 heterocycles. The minimum atomic E-state index is -0.576. The molecule has 1 aromatic carbocycles. The largest absolute Gasteiger partial charge is 0.481 e. The van der Waals surface area contributed by atoms with Crippen molar-refractivity contribution < 1.29 is 9.90 Å². The molecule has 0 radical (unpaired) electrons. The lowest BCUT2D eigenvalue weighted by Crippen LogP contribution is -2.41.